The Morgan fingerprint density at radius 2 is 1.70 bits per heavy atom. The lowest BCUT2D eigenvalue weighted by molar-refractivity contribution is -0.205. The zero-order valence-electron chi connectivity index (χ0n) is 18.3. The summed E-state index contributed by atoms with van der Waals surface area (Å²) in [6, 6.07) is 28.4. The predicted octanol–water partition coefficient (Wildman–Crippen LogP) is 5.72. The third kappa shape index (κ3) is 4.96. The van der Waals surface area contributed by atoms with Crippen molar-refractivity contribution >= 4 is 11.6 Å². The van der Waals surface area contributed by atoms with Gasteiger partial charge in [-0.05, 0) is 35.4 Å². The van der Waals surface area contributed by atoms with Crippen LogP contribution in [0.1, 0.15) is 17.5 Å². The maximum atomic E-state index is 6.58. The third-order valence-corrected chi connectivity index (χ3v) is 6.30. The maximum Gasteiger partial charge on any atom is 0.119 e. The van der Waals surface area contributed by atoms with Crippen molar-refractivity contribution in [3.8, 4) is 5.75 Å². The predicted molar refractivity (Wildman–Crippen MR) is 129 cm³/mol. The maximum absolute atomic E-state index is 6.58. The first-order valence-corrected chi connectivity index (χ1v) is 11.5. The van der Waals surface area contributed by atoms with Gasteiger partial charge in [-0.1, -0.05) is 72.3 Å². The highest BCUT2D eigenvalue weighted by Gasteiger charge is 2.49. The van der Waals surface area contributed by atoms with Crippen molar-refractivity contribution in [2.75, 3.05) is 6.61 Å². The molecule has 5 rings (SSSR count). The summed E-state index contributed by atoms with van der Waals surface area (Å²) >= 11 is 6.01. The molecule has 0 saturated carbocycles. The minimum atomic E-state index is -0.369. The molecule has 0 amide bonds. The van der Waals surface area contributed by atoms with Crippen molar-refractivity contribution in [2.24, 2.45) is 0 Å². The normalized spacial score (nSPS) is 20.7. The molecular formula is C27H26ClN3O2. The number of hydrogen-bond acceptors (Lipinski definition) is 4. The van der Waals surface area contributed by atoms with Crippen LogP contribution in [0.4, 0.5) is 0 Å². The second-order valence-corrected chi connectivity index (χ2v) is 8.79. The SMILES string of the molecule is Clc1ccc(OCC2CC(Cn3ccnc3)(c3ccccc3)N(Cc3ccccc3)O2)cc1. The number of halogens is 1. The molecule has 0 bridgehead atoms. The van der Waals surface area contributed by atoms with E-state index < -0.39 is 0 Å². The molecule has 2 heterocycles. The molecule has 2 unspecified atom stereocenters. The van der Waals surface area contributed by atoms with Gasteiger partial charge in [0, 0.05) is 30.4 Å². The van der Waals surface area contributed by atoms with E-state index >= 15 is 0 Å². The molecule has 6 heteroatoms. The summed E-state index contributed by atoms with van der Waals surface area (Å²) in [5.74, 6) is 0.782. The molecule has 0 aliphatic carbocycles. The summed E-state index contributed by atoms with van der Waals surface area (Å²) in [5.41, 5.74) is 2.04. The van der Waals surface area contributed by atoms with Crippen LogP contribution in [-0.4, -0.2) is 27.3 Å². The molecule has 1 aliphatic heterocycles. The first-order valence-electron chi connectivity index (χ1n) is 11.1. The fourth-order valence-electron chi connectivity index (χ4n) is 4.47. The van der Waals surface area contributed by atoms with Gasteiger partial charge in [0.25, 0.3) is 0 Å². The van der Waals surface area contributed by atoms with Gasteiger partial charge in [-0.2, -0.15) is 5.06 Å². The number of rotatable bonds is 8. The Bertz CT molecular complexity index is 1140. The average molecular weight is 460 g/mol. The number of hydrogen-bond donors (Lipinski definition) is 0. The van der Waals surface area contributed by atoms with E-state index in [-0.39, 0.29) is 11.6 Å². The van der Waals surface area contributed by atoms with Gasteiger partial charge in [-0.25, -0.2) is 4.98 Å². The van der Waals surface area contributed by atoms with Crippen LogP contribution in [0.3, 0.4) is 0 Å². The molecule has 1 saturated heterocycles. The van der Waals surface area contributed by atoms with Crippen LogP contribution >= 0.6 is 11.6 Å². The molecule has 168 valence electrons. The molecule has 4 aromatic rings. The van der Waals surface area contributed by atoms with E-state index in [0.717, 1.165) is 18.7 Å². The number of imidazole rings is 1. The minimum Gasteiger partial charge on any atom is -0.491 e. The molecule has 0 spiro atoms. The van der Waals surface area contributed by atoms with Gasteiger partial charge in [0.2, 0.25) is 0 Å². The van der Waals surface area contributed by atoms with Crippen molar-refractivity contribution in [3.63, 3.8) is 0 Å². The zero-order valence-corrected chi connectivity index (χ0v) is 19.0. The molecule has 0 radical (unpaired) electrons. The topological polar surface area (TPSA) is 39.5 Å². The molecule has 3 aromatic carbocycles. The first kappa shape index (κ1) is 21.7. The molecule has 33 heavy (non-hydrogen) atoms. The standard InChI is InChI=1S/C27H26ClN3O2/c28-24-11-13-25(14-12-24)32-19-26-17-27(20-30-16-15-29-21-30,23-9-5-2-6-10-23)31(33-26)18-22-7-3-1-4-8-22/h1-16,21,26H,17-20H2. The van der Waals surface area contributed by atoms with Crippen molar-refractivity contribution in [3.05, 3.63) is 120 Å². The summed E-state index contributed by atoms with van der Waals surface area (Å²) in [7, 11) is 0. The number of hydroxylamine groups is 2. The zero-order chi connectivity index (χ0) is 22.5. The fraction of sp³-hybridized carbons (Fsp3) is 0.222. The van der Waals surface area contributed by atoms with Crippen molar-refractivity contribution in [1.29, 1.82) is 0 Å². The number of aromatic nitrogens is 2. The first-order chi connectivity index (χ1) is 16.2. The van der Waals surface area contributed by atoms with E-state index in [0.29, 0.717) is 18.2 Å². The highest BCUT2D eigenvalue weighted by atomic mass is 35.5. The summed E-state index contributed by atoms with van der Waals surface area (Å²) in [4.78, 5) is 10.8. The van der Waals surface area contributed by atoms with Crippen molar-refractivity contribution in [1.82, 2.24) is 14.6 Å². The van der Waals surface area contributed by atoms with Crippen molar-refractivity contribution in [2.45, 2.75) is 31.2 Å². The van der Waals surface area contributed by atoms with Crippen LogP contribution in [0.5, 0.6) is 5.75 Å². The van der Waals surface area contributed by atoms with Crippen LogP contribution in [0.2, 0.25) is 5.02 Å². The van der Waals surface area contributed by atoms with E-state index in [1.54, 1.807) is 0 Å². The average Bonchev–Trinajstić information content (AvgIpc) is 3.49. The molecule has 0 N–H and O–H groups in total. The number of nitrogens with zero attached hydrogens (tertiary/aromatic N) is 3. The van der Waals surface area contributed by atoms with Gasteiger partial charge < -0.3 is 9.30 Å². The van der Waals surface area contributed by atoms with Gasteiger partial charge in [0.05, 0.1) is 18.4 Å². The van der Waals surface area contributed by atoms with Crippen LogP contribution in [0.25, 0.3) is 0 Å². The van der Waals surface area contributed by atoms with E-state index in [9.17, 15) is 0 Å². The Balaban J connectivity index is 1.46. The Hall–Kier alpha value is -3.12. The van der Waals surface area contributed by atoms with Gasteiger partial charge >= 0.3 is 0 Å². The summed E-state index contributed by atoms with van der Waals surface area (Å²) in [6.07, 6.45) is 6.37. The van der Waals surface area contributed by atoms with Crippen LogP contribution in [0, 0.1) is 0 Å². The van der Waals surface area contributed by atoms with E-state index in [2.05, 4.69) is 63.1 Å². The van der Waals surface area contributed by atoms with Gasteiger partial charge in [-0.3, -0.25) is 4.84 Å². The summed E-state index contributed by atoms with van der Waals surface area (Å²) < 4.78 is 8.20. The highest BCUT2D eigenvalue weighted by molar-refractivity contribution is 6.30. The second-order valence-electron chi connectivity index (χ2n) is 8.35. The lowest BCUT2D eigenvalue weighted by Gasteiger charge is -2.37. The quantitative estimate of drug-likeness (QED) is 0.338. The summed E-state index contributed by atoms with van der Waals surface area (Å²) in [6.45, 7) is 1.84. The van der Waals surface area contributed by atoms with Crippen LogP contribution in [0.15, 0.2) is 104 Å². The Morgan fingerprint density at radius 3 is 2.39 bits per heavy atom. The Kier molecular flexibility index (Phi) is 6.44. The lowest BCUT2D eigenvalue weighted by atomic mass is 9.84. The Morgan fingerprint density at radius 1 is 0.970 bits per heavy atom. The smallest absolute Gasteiger partial charge is 0.119 e. The highest BCUT2D eigenvalue weighted by Crippen LogP contribution is 2.43. The third-order valence-electron chi connectivity index (χ3n) is 6.05. The van der Waals surface area contributed by atoms with Gasteiger partial charge in [0.15, 0.2) is 0 Å². The van der Waals surface area contributed by atoms with E-state index in [4.69, 9.17) is 21.2 Å². The molecule has 1 aromatic heterocycles. The molecule has 2 atom stereocenters. The molecule has 5 nitrogen and oxygen atoms in total. The molecular weight excluding hydrogens is 434 g/mol. The van der Waals surface area contributed by atoms with E-state index in [1.807, 2.05) is 55.1 Å². The number of benzene rings is 3. The second kappa shape index (κ2) is 9.79. The van der Waals surface area contributed by atoms with Gasteiger partial charge in [-0.15, -0.1) is 0 Å². The van der Waals surface area contributed by atoms with Crippen molar-refractivity contribution < 1.29 is 9.57 Å². The largest absolute Gasteiger partial charge is 0.491 e. The fourth-order valence-corrected chi connectivity index (χ4v) is 4.60. The minimum absolute atomic E-state index is 0.104. The van der Waals surface area contributed by atoms with Crippen LogP contribution in [-0.2, 0) is 23.5 Å². The Labute approximate surface area is 199 Å². The summed E-state index contributed by atoms with van der Waals surface area (Å²) in [5, 5.41) is 2.82. The number of ether oxygens (including phenoxy) is 1. The monoisotopic (exact) mass is 459 g/mol. The molecule has 1 fully saturated rings. The van der Waals surface area contributed by atoms with Crippen LogP contribution < -0.4 is 4.74 Å². The van der Waals surface area contributed by atoms with Gasteiger partial charge in [0.1, 0.15) is 18.5 Å². The lowest BCUT2D eigenvalue weighted by Crippen LogP contribution is -2.43. The molecule has 1 aliphatic rings. The van der Waals surface area contributed by atoms with E-state index in [1.165, 1.54) is 11.1 Å².